The predicted octanol–water partition coefficient (Wildman–Crippen LogP) is 4.29. The van der Waals surface area contributed by atoms with Crippen molar-refractivity contribution >= 4 is 5.97 Å². The third-order valence-corrected chi connectivity index (χ3v) is 2.99. The first kappa shape index (κ1) is 14.7. The Labute approximate surface area is 110 Å². The summed E-state index contributed by atoms with van der Waals surface area (Å²) in [5.41, 5.74) is 2.98. The molecule has 0 bridgehead atoms. The Morgan fingerprint density at radius 3 is 2.22 bits per heavy atom. The van der Waals surface area contributed by atoms with Crippen molar-refractivity contribution in [3.05, 3.63) is 34.9 Å². The van der Waals surface area contributed by atoms with Crippen molar-refractivity contribution in [2.75, 3.05) is 6.61 Å². The van der Waals surface area contributed by atoms with Gasteiger partial charge in [0.15, 0.2) is 0 Å². The zero-order valence-electron chi connectivity index (χ0n) is 12.2. The molecule has 0 aliphatic rings. The van der Waals surface area contributed by atoms with Gasteiger partial charge in [0.2, 0.25) is 0 Å². The number of esters is 1. The van der Waals surface area contributed by atoms with Crippen LogP contribution in [0.1, 0.15) is 55.1 Å². The minimum absolute atomic E-state index is 0.195. The largest absolute Gasteiger partial charge is 0.462 e. The van der Waals surface area contributed by atoms with Gasteiger partial charge in [-0.05, 0) is 43.2 Å². The van der Waals surface area contributed by atoms with Crippen LogP contribution < -0.4 is 0 Å². The van der Waals surface area contributed by atoms with Gasteiger partial charge in [0.1, 0.15) is 0 Å². The Kier molecular flexibility index (Phi) is 4.94. The van der Waals surface area contributed by atoms with Crippen LogP contribution in [0, 0.1) is 19.3 Å². The molecule has 0 aliphatic carbocycles. The van der Waals surface area contributed by atoms with Crippen molar-refractivity contribution in [1.82, 2.24) is 0 Å². The average Bonchev–Trinajstić information content (AvgIpc) is 2.23. The van der Waals surface area contributed by atoms with Gasteiger partial charge in [-0.2, -0.15) is 0 Å². The Hall–Kier alpha value is -1.31. The Morgan fingerprint density at radius 2 is 1.72 bits per heavy atom. The maximum absolute atomic E-state index is 12.0. The molecule has 100 valence electrons. The second kappa shape index (κ2) is 6.03. The van der Waals surface area contributed by atoms with Crippen LogP contribution in [0.3, 0.4) is 0 Å². The smallest absolute Gasteiger partial charge is 0.338 e. The summed E-state index contributed by atoms with van der Waals surface area (Å²) in [6.07, 6.45) is 1.98. The molecule has 18 heavy (non-hydrogen) atoms. The second-order valence-electron chi connectivity index (χ2n) is 6.07. The number of rotatable bonds is 4. The van der Waals surface area contributed by atoms with Crippen LogP contribution in [0.25, 0.3) is 0 Å². The summed E-state index contributed by atoms with van der Waals surface area (Å²) in [4.78, 5) is 12.0. The number of benzene rings is 1. The van der Waals surface area contributed by atoms with E-state index < -0.39 is 0 Å². The van der Waals surface area contributed by atoms with Crippen molar-refractivity contribution in [2.45, 2.75) is 47.5 Å². The molecule has 0 amide bonds. The molecule has 0 spiro atoms. The zero-order chi connectivity index (χ0) is 13.8. The van der Waals surface area contributed by atoms with Crippen molar-refractivity contribution < 1.29 is 9.53 Å². The lowest BCUT2D eigenvalue weighted by Gasteiger charge is -2.17. The van der Waals surface area contributed by atoms with E-state index in [1.165, 1.54) is 0 Å². The van der Waals surface area contributed by atoms with Crippen LogP contribution in [-0.4, -0.2) is 12.6 Å². The Balaban J connectivity index is 2.51. The van der Waals surface area contributed by atoms with Crippen LogP contribution in [-0.2, 0) is 4.74 Å². The Bertz CT molecular complexity index is 393. The van der Waals surface area contributed by atoms with Gasteiger partial charge in [-0.1, -0.05) is 39.0 Å². The highest BCUT2D eigenvalue weighted by Crippen LogP contribution is 2.21. The summed E-state index contributed by atoms with van der Waals surface area (Å²) in [5.74, 6) is -0.195. The van der Waals surface area contributed by atoms with E-state index in [0.717, 1.165) is 24.0 Å². The number of carbonyl (C=O) groups excluding carboxylic acids is 1. The summed E-state index contributed by atoms with van der Waals surface area (Å²) in [5, 5.41) is 0. The molecule has 0 saturated carbocycles. The third kappa shape index (κ3) is 4.52. The lowest BCUT2D eigenvalue weighted by molar-refractivity contribution is 0.0486. The molecular weight excluding hydrogens is 224 g/mol. The van der Waals surface area contributed by atoms with Crippen molar-refractivity contribution in [1.29, 1.82) is 0 Å². The van der Waals surface area contributed by atoms with Gasteiger partial charge in [-0.3, -0.25) is 0 Å². The van der Waals surface area contributed by atoms with Crippen molar-refractivity contribution in [3.63, 3.8) is 0 Å². The lowest BCUT2D eigenvalue weighted by atomic mass is 9.91. The molecule has 0 unspecified atom stereocenters. The highest BCUT2D eigenvalue weighted by molar-refractivity contribution is 5.92. The van der Waals surface area contributed by atoms with E-state index >= 15 is 0 Å². The fraction of sp³-hybridized carbons (Fsp3) is 0.562. The molecule has 0 fully saturated rings. The average molecular weight is 248 g/mol. The fourth-order valence-corrected chi connectivity index (χ4v) is 1.98. The van der Waals surface area contributed by atoms with Gasteiger partial charge in [-0.25, -0.2) is 4.79 Å². The normalized spacial score (nSPS) is 11.4. The number of carbonyl (C=O) groups is 1. The summed E-state index contributed by atoms with van der Waals surface area (Å²) >= 11 is 0. The fourth-order valence-electron chi connectivity index (χ4n) is 1.98. The van der Waals surface area contributed by atoms with E-state index in [4.69, 9.17) is 4.74 Å². The Morgan fingerprint density at radius 1 is 1.17 bits per heavy atom. The number of aryl methyl sites for hydroxylation is 2. The molecule has 0 N–H and O–H groups in total. The summed E-state index contributed by atoms with van der Waals surface area (Å²) in [6, 6.07) is 5.85. The van der Waals surface area contributed by atoms with E-state index in [0.29, 0.717) is 17.6 Å². The van der Waals surface area contributed by atoms with Crippen LogP contribution in [0.2, 0.25) is 0 Å². The molecule has 0 heterocycles. The lowest BCUT2D eigenvalue weighted by Crippen LogP contribution is -2.12. The third-order valence-electron chi connectivity index (χ3n) is 2.99. The summed E-state index contributed by atoms with van der Waals surface area (Å²) in [7, 11) is 0. The monoisotopic (exact) mass is 248 g/mol. The van der Waals surface area contributed by atoms with Gasteiger partial charge in [0, 0.05) is 0 Å². The molecule has 0 atom stereocenters. The van der Waals surface area contributed by atoms with Gasteiger partial charge >= 0.3 is 5.97 Å². The molecule has 2 nitrogen and oxygen atoms in total. The standard InChI is InChI=1S/C16H24O2/c1-12-8-6-9-13(2)14(12)15(17)18-11-7-10-16(3,4)5/h6,8-9H,7,10-11H2,1-5H3. The minimum Gasteiger partial charge on any atom is -0.462 e. The first-order chi connectivity index (χ1) is 8.31. The van der Waals surface area contributed by atoms with E-state index in [1.807, 2.05) is 32.0 Å². The molecular formula is C16H24O2. The maximum atomic E-state index is 12.0. The van der Waals surface area contributed by atoms with Gasteiger partial charge in [-0.15, -0.1) is 0 Å². The SMILES string of the molecule is Cc1cccc(C)c1C(=O)OCCCC(C)(C)C. The molecule has 1 aromatic rings. The number of ether oxygens (including phenoxy) is 1. The molecule has 1 aromatic carbocycles. The van der Waals surface area contributed by atoms with E-state index in [9.17, 15) is 4.79 Å². The van der Waals surface area contributed by atoms with Crippen LogP contribution >= 0.6 is 0 Å². The highest BCUT2D eigenvalue weighted by atomic mass is 16.5. The molecule has 1 rings (SSSR count). The highest BCUT2D eigenvalue weighted by Gasteiger charge is 2.14. The topological polar surface area (TPSA) is 26.3 Å². The van der Waals surface area contributed by atoms with E-state index in [1.54, 1.807) is 0 Å². The quantitative estimate of drug-likeness (QED) is 0.587. The first-order valence-corrected chi connectivity index (χ1v) is 6.54. The van der Waals surface area contributed by atoms with Gasteiger partial charge in [0.25, 0.3) is 0 Å². The number of hydrogen-bond acceptors (Lipinski definition) is 2. The van der Waals surface area contributed by atoms with Crippen LogP contribution in [0.4, 0.5) is 0 Å². The van der Waals surface area contributed by atoms with Gasteiger partial charge in [0.05, 0.1) is 12.2 Å². The summed E-state index contributed by atoms with van der Waals surface area (Å²) < 4.78 is 5.35. The first-order valence-electron chi connectivity index (χ1n) is 6.54. The second-order valence-corrected chi connectivity index (χ2v) is 6.07. The van der Waals surface area contributed by atoms with Crippen LogP contribution in [0.15, 0.2) is 18.2 Å². The van der Waals surface area contributed by atoms with Gasteiger partial charge < -0.3 is 4.74 Å². The molecule has 0 saturated heterocycles. The van der Waals surface area contributed by atoms with Crippen LogP contribution in [0.5, 0.6) is 0 Å². The van der Waals surface area contributed by atoms with E-state index in [2.05, 4.69) is 20.8 Å². The van der Waals surface area contributed by atoms with E-state index in [-0.39, 0.29) is 5.97 Å². The number of hydrogen-bond donors (Lipinski definition) is 0. The predicted molar refractivity (Wildman–Crippen MR) is 74.9 cm³/mol. The molecule has 0 aliphatic heterocycles. The van der Waals surface area contributed by atoms with Crippen molar-refractivity contribution in [2.24, 2.45) is 5.41 Å². The maximum Gasteiger partial charge on any atom is 0.338 e. The molecule has 2 heteroatoms. The zero-order valence-corrected chi connectivity index (χ0v) is 12.2. The minimum atomic E-state index is -0.195. The molecule has 0 aromatic heterocycles. The molecule has 0 radical (unpaired) electrons. The summed E-state index contributed by atoms with van der Waals surface area (Å²) in [6.45, 7) is 11.0. The van der Waals surface area contributed by atoms with Crippen molar-refractivity contribution in [3.8, 4) is 0 Å².